The Hall–Kier alpha value is -3.00. The number of aliphatic hydroxyl groups excluding tert-OH is 1. The summed E-state index contributed by atoms with van der Waals surface area (Å²) in [7, 11) is 0. The summed E-state index contributed by atoms with van der Waals surface area (Å²) in [5, 5.41) is 20.5. The van der Waals surface area contributed by atoms with Gasteiger partial charge in [-0.3, -0.25) is 4.79 Å². The molecule has 2 N–H and O–H groups in total. The van der Waals surface area contributed by atoms with Crippen molar-refractivity contribution >= 4 is 5.91 Å². The molecule has 27 heavy (non-hydrogen) atoms. The van der Waals surface area contributed by atoms with E-state index in [0.29, 0.717) is 18.0 Å². The first-order valence-corrected chi connectivity index (χ1v) is 8.98. The molecule has 2 heterocycles. The van der Waals surface area contributed by atoms with Crippen LogP contribution in [0.3, 0.4) is 0 Å². The van der Waals surface area contributed by atoms with Gasteiger partial charge in [-0.2, -0.15) is 4.98 Å². The van der Waals surface area contributed by atoms with Crippen LogP contribution in [0.25, 0.3) is 11.3 Å². The first kappa shape index (κ1) is 17.4. The molecule has 0 spiro atoms. The third-order valence-corrected chi connectivity index (χ3v) is 4.77. The van der Waals surface area contributed by atoms with Gasteiger partial charge < -0.3 is 19.5 Å². The van der Waals surface area contributed by atoms with Crippen LogP contribution in [-0.2, 0) is 0 Å². The van der Waals surface area contributed by atoms with Crippen LogP contribution in [0.2, 0.25) is 0 Å². The van der Waals surface area contributed by atoms with E-state index < -0.39 is 6.10 Å². The Balaban J connectivity index is 1.32. The standard InChI is InChI=1S/C19H20N4O4/c1-2-15(24)19-21-17(23-27-19)12-8-13(9-12)20-18(25)14-10-16(26-22-14)11-6-4-3-5-7-11/h3-7,10,12-13,15,24H,2,8-9H2,1H3,(H,20,25)/t12?,13?,15-/m1/s1. The van der Waals surface area contributed by atoms with E-state index in [2.05, 4.69) is 20.6 Å². The van der Waals surface area contributed by atoms with E-state index >= 15 is 0 Å². The summed E-state index contributed by atoms with van der Waals surface area (Å²) in [6, 6.07) is 11.2. The first-order chi connectivity index (χ1) is 13.1. The molecule has 0 radical (unpaired) electrons. The van der Waals surface area contributed by atoms with Crippen LogP contribution >= 0.6 is 0 Å². The molecule has 1 amide bonds. The molecule has 8 nitrogen and oxygen atoms in total. The summed E-state index contributed by atoms with van der Waals surface area (Å²) >= 11 is 0. The van der Waals surface area contributed by atoms with Gasteiger partial charge in [0.05, 0.1) is 0 Å². The number of nitrogens with zero attached hydrogens (tertiary/aromatic N) is 3. The number of hydrogen-bond donors (Lipinski definition) is 2. The minimum absolute atomic E-state index is 0.0254. The Bertz CT molecular complexity index is 915. The minimum Gasteiger partial charge on any atom is -0.383 e. The Morgan fingerprint density at radius 1 is 1.26 bits per heavy atom. The van der Waals surface area contributed by atoms with Crippen molar-refractivity contribution in [3.8, 4) is 11.3 Å². The third kappa shape index (κ3) is 3.61. The molecule has 4 rings (SSSR count). The van der Waals surface area contributed by atoms with E-state index in [1.807, 2.05) is 37.3 Å². The monoisotopic (exact) mass is 368 g/mol. The van der Waals surface area contributed by atoms with Crippen molar-refractivity contribution in [1.82, 2.24) is 20.6 Å². The Morgan fingerprint density at radius 2 is 2.04 bits per heavy atom. The van der Waals surface area contributed by atoms with Crippen molar-refractivity contribution in [2.24, 2.45) is 0 Å². The number of nitrogens with one attached hydrogen (secondary N) is 1. The molecule has 3 aromatic rings. The molecular formula is C19H20N4O4. The van der Waals surface area contributed by atoms with Crippen LogP contribution < -0.4 is 5.32 Å². The molecule has 8 heteroatoms. The van der Waals surface area contributed by atoms with E-state index in [0.717, 1.165) is 18.4 Å². The molecule has 1 aliphatic rings. The van der Waals surface area contributed by atoms with Crippen molar-refractivity contribution in [3.63, 3.8) is 0 Å². The summed E-state index contributed by atoms with van der Waals surface area (Å²) in [6.45, 7) is 1.84. The second kappa shape index (κ2) is 7.32. The topological polar surface area (TPSA) is 114 Å². The number of aromatic nitrogens is 3. The lowest BCUT2D eigenvalue weighted by Crippen LogP contribution is -2.43. The maximum Gasteiger partial charge on any atom is 0.273 e. The number of benzene rings is 1. The molecule has 140 valence electrons. The fourth-order valence-electron chi connectivity index (χ4n) is 3.05. The van der Waals surface area contributed by atoms with Gasteiger partial charge in [0.25, 0.3) is 11.8 Å². The largest absolute Gasteiger partial charge is 0.383 e. The van der Waals surface area contributed by atoms with Gasteiger partial charge in [-0.05, 0) is 19.3 Å². The Labute approximate surface area is 155 Å². The lowest BCUT2D eigenvalue weighted by Gasteiger charge is -2.33. The second-order valence-electron chi connectivity index (χ2n) is 6.70. The average molecular weight is 368 g/mol. The molecule has 1 fully saturated rings. The quantitative estimate of drug-likeness (QED) is 0.687. The van der Waals surface area contributed by atoms with E-state index in [1.54, 1.807) is 6.07 Å². The van der Waals surface area contributed by atoms with Crippen LogP contribution in [0.4, 0.5) is 0 Å². The number of carbonyl (C=O) groups is 1. The highest BCUT2D eigenvalue weighted by atomic mass is 16.5. The van der Waals surface area contributed by atoms with Gasteiger partial charge in [-0.1, -0.05) is 47.6 Å². The zero-order valence-electron chi connectivity index (χ0n) is 14.8. The molecule has 1 atom stereocenters. The van der Waals surface area contributed by atoms with Gasteiger partial charge in [0.1, 0.15) is 6.10 Å². The van der Waals surface area contributed by atoms with Crippen molar-refractivity contribution in [2.45, 2.75) is 44.2 Å². The average Bonchev–Trinajstić information content (AvgIpc) is 3.34. The van der Waals surface area contributed by atoms with Crippen molar-refractivity contribution < 1.29 is 18.9 Å². The summed E-state index contributed by atoms with van der Waals surface area (Å²) in [4.78, 5) is 16.6. The molecule has 1 saturated carbocycles. The van der Waals surface area contributed by atoms with E-state index in [4.69, 9.17) is 9.05 Å². The number of carbonyl (C=O) groups excluding carboxylic acids is 1. The van der Waals surface area contributed by atoms with Crippen LogP contribution in [0.1, 0.15) is 60.4 Å². The maximum atomic E-state index is 12.4. The van der Waals surface area contributed by atoms with Gasteiger partial charge in [0, 0.05) is 23.6 Å². The Morgan fingerprint density at radius 3 is 2.78 bits per heavy atom. The smallest absolute Gasteiger partial charge is 0.273 e. The summed E-state index contributed by atoms with van der Waals surface area (Å²) in [5.41, 5.74) is 1.13. The molecule has 1 aliphatic carbocycles. The highest BCUT2D eigenvalue weighted by Crippen LogP contribution is 2.36. The fourth-order valence-corrected chi connectivity index (χ4v) is 3.05. The zero-order chi connectivity index (χ0) is 18.8. The Kier molecular flexibility index (Phi) is 4.72. The summed E-state index contributed by atoms with van der Waals surface area (Å²) in [5.74, 6) is 1.24. The lowest BCUT2D eigenvalue weighted by atomic mass is 9.79. The lowest BCUT2D eigenvalue weighted by molar-refractivity contribution is 0.0897. The fraction of sp³-hybridized carbons (Fsp3) is 0.368. The number of amides is 1. The van der Waals surface area contributed by atoms with Gasteiger partial charge in [0.2, 0.25) is 0 Å². The van der Waals surface area contributed by atoms with E-state index in [9.17, 15) is 9.90 Å². The van der Waals surface area contributed by atoms with Crippen molar-refractivity contribution in [3.05, 3.63) is 53.8 Å². The molecule has 0 aliphatic heterocycles. The number of aliphatic hydroxyl groups is 1. The molecular weight excluding hydrogens is 348 g/mol. The van der Waals surface area contributed by atoms with Crippen molar-refractivity contribution in [1.29, 1.82) is 0 Å². The predicted molar refractivity (Wildman–Crippen MR) is 94.7 cm³/mol. The van der Waals surface area contributed by atoms with Crippen LogP contribution in [0.15, 0.2) is 45.4 Å². The van der Waals surface area contributed by atoms with Crippen LogP contribution in [0, 0.1) is 0 Å². The maximum absolute atomic E-state index is 12.4. The molecule has 0 unspecified atom stereocenters. The predicted octanol–water partition coefficient (Wildman–Crippen LogP) is 2.84. The highest BCUT2D eigenvalue weighted by Gasteiger charge is 2.35. The molecule has 0 saturated heterocycles. The van der Waals surface area contributed by atoms with Gasteiger partial charge in [0.15, 0.2) is 17.3 Å². The van der Waals surface area contributed by atoms with Crippen LogP contribution in [0.5, 0.6) is 0 Å². The SMILES string of the molecule is CC[C@@H](O)c1nc(C2CC(NC(=O)c3cc(-c4ccccc4)on3)C2)no1. The molecule has 0 bridgehead atoms. The van der Waals surface area contributed by atoms with Gasteiger partial charge >= 0.3 is 0 Å². The zero-order valence-corrected chi connectivity index (χ0v) is 14.8. The summed E-state index contributed by atoms with van der Waals surface area (Å²) in [6.07, 6.45) is 1.23. The normalized spacial score (nSPS) is 20.1. The van der Waals surface area contributed by atoms with Crippen molar-refractivity contribution in [2.75, 3.05) is 0 Å². The second-order valence-corrected chi connectivity index (χ2v) is 6.70. The molecule has 2 aromatic heterocycles. The number of hydrogen-bond acceptors (Lipinski definition) is 7. The van der Waals surface area contributed by atoms with Gasteiger partial charge in [-0.25, -0.2) is 0 Å². The minimum atomic E-state index is -0.729. The van der Waals surface area contributed by atoms with Crippen LogP contribution in [-0.4, -0.2) is 32.4 Å². The third-order valence-electron chi connectivity index (χ3n) is 4.77. The summed E-state index contributed by atoms with van der Waals surface area (Å²) < 4.78 is 10.3. The number of rotatable bonds is 6. The molecule has 1 aromatic carbocycles. The van der Waals surface area contributed by atoms with Gasteiger partial charge in [-0.15, -0.1) is 0 Å². The van der Waals surface area contributed by atoms with E-state index in [1.165, 1.54) is 0 Å². The first-order valence-electron chi connectivity index (χ1n) is 8.98. The highest BCUT2D eigenvalue weighted by molar-refractivity contribution is 5.93. The van der Waals surface area contributed by atoms with E-state index in [-0.39, 0.29) is 29.5 Å².